The van der Waals surface area contributed by atoms with Gasteiger partial charge in [0, 0.05) is 18.0 Å². The third-order valence-electron chi connectivity index (χ3n) is 4.58. The second kappa shape index (κ2) is 8.43. The molecule has 2 aromatic carbocycles. The molecule has 1 saturated heterocycles. The number of hydrogen-bond acceptors (Lipinski definition) is 6. The van der Waals surface area contributed by atoms with Crippen LogP contribution < -0.4 is 20.2 Å². The summed E-state index contributed by atoms with van der Waals surface area (Å²) in [5.74, 6) is -1.62. The third kappa shape index (κ3) is 3.90. The van der Waals surface area contributed by atoms with Crippen LogP contribution in [0.5, 0.6) is 17.2 Å². The van der Waals surface area contributed by atoms with Crippen molar-refractivity contribution in [3.8, 4) is 17.2 Å². The fourth-order valence-corrected chi connectivity index (χ4v) is 3.16. The lowest BCUT2D eigenvalue weighted by Crippen LogP contribution is -2.34. The number of hydrogen-bond donors (Lipinski definition) is 3. The van der Waals surface area contributed by atoms with Gasteiger partial charge in [0.15, 0.2) is 11.5 Å². The fourth-order valence-electron chi connectivity index (χ4n) is 3.16. The van der Waals surface area contributed by atoms with Crippen molar-refractivity contribution >= 4 is 18.0 Å². The normalized spacial score (nSPS) is 18.7. The van der Waals surface area contributed by atoms with Crippen molar-refractivity contribution in [3.05, 3.63) is 53.6 Å². The van der Waals surface area contributed by atoms with Gasteiger partial charge in [0.05, 0.1) is 20.4 Å². The number of amides is 2. The molecule has 3 N–H and O–H groups in total. The summed E-state index contributed by atoms with van der Waals surface area (Å²) < 4.78 is 10.2. The van der Waals surface area contributed by atoms with Crippen LogP contribution in [-0.4, -0.2) is 43.9 Å². The van der Waals surface area contributed by atoms with E-state index >= 15 is 0 Å². The Morgan fingerprint density at radius 3 is 2.46 bits per heavy atom. The van der Waals surface area contributed by atoms with Gasteiger partial charge in [-0.1, -0.05) is 30.3 Å². The summed E-state index contributed by atoms with van der Waals surface area (Å²) in [5.41, 5.74) is 3.88. The van der Waals surface area contributed by atoms with Crippen LogP contribution in [0.15, 0.2) is 47.6 Å². The second-order valence-corrected chi connectivity index (χ2v) is 6.25. The van der Waals surface area contributed by atoms with E-state index in [1.807, 2.05) is 30.3 Å². The zero-order valence-electron chi connectivity index (χ0n) is 15.5. The monoisotopic (exact) mass is 383 g/mol. The SMILES string of the molecule is COc1cc(C=NNC(=O)C2C(=O)NCC2c2ccccc2)cc(OC)c1O. The first kappa shape index (κ1) is 19.2. The van der Waals surface area contributed by atoms with Gasteiger partial charge in [-0.15, -0.1) is 0 Å². The van der Waals surface area contributed by atoms with Crippen molar-refractivity contribution in [3.63, 3.8) is 0 Å². The molecule has 0 spiro atoms. The highest BCUT2D eigenvalue weighted by molar-refractivity contribution is 6.03. The number of rotatable bonds is 6. The fraction of sp³-hybridized carbons (Fsp3) is 0.250. The van der Waals surface area contributed by atoms with E-state index < -0.39 is 11.8 Å². The third-order valence-corrected chi connectivity index (χ3v) is 4.58. The molecule has 146 valence electrons. The molecule has 2 aromatic rings. The van der Waals surface area contributed by atoms with Crippen molar-refractivity contribution in [2.45, 2.75) is 5.92 Å². The van der Waals surface area contributed by atoms with E-state index in [-0.39, 0.29) is 29.1 Å². The molecule has 1 aliphatic rings. The Morgan fingerprint density at radius 1 is 1.21 bits per heavy atom. The smallest absolute Gasteiger partial charge is 0.253 e. The van der Waals surface area contributed by atoms with Crippen molar-refractivity contribution < 1.29 is 24.2 Å². The number of nitrogens with one attached hydrogen (secondary N) is 2. The number of phenols is 1. The van der Waals surface area contributed by atoms with Crippen LogP contribution in [0.2, 0.25) is 0 Å². The van der Waals surface area contributed by atoms with Gasteiger partial charge in [-0.25, -0.2) is 5.43 Å². The predicted octanol–water partition coefficient (Wildman–Crippen LogP) is 1.39. The number of ether oxygens (including phenoxy) is 2. The molecule has 0 bridgehead atoms. The molecular weight excluding hydrogens is 362 g/mol. The molecule has 1 fully saturated rings. The van der Waals surface area contributed by atoms with Crippen LogP contribution in [0.4, 0.5) is 0 Å². The van der Waals surface area contributed by atoms with Gasteiger partial charge in [0.1, 0.15) is 5.92 Å². The first-order valence-corrected chi connectivity index (χ1v) is 8.65. The van der Waals surface area contributed by atoms with Gasteiger partial charge >= 0.3 is 0 Å². The molecular formula is C20H21N3O5. The molecule has 0 aliphatic carbocycles. The quantitative estimate of drug-likeness (QED) is 0.397. The maximum absolute atomic E-state index is 12.6. The van der Waals surface area contributed by atoms with Gasteiger partial charge < -0.3 is 19.9 Å². The van der Waals surface area contributed by atoms with Crippen LogP contribution >= 0.6 is 0 Å². The summed E-state index contributed by atoms with van der Waals surface area (Å²) in [4.78, 5) is 24.7. The average Bonchev–Trinajstić information content (AvgIpc) is 3.11. The molecule has 0 saturated carbocycles. The molecule has 3 rings (SSSR count). The van der Waals surface area contributed by atoms with Gasteiger partial charge in [-0.2, -0.15) is 5.10 Å². The van der Waals surface area contributed by atoms with Crippen LogP contribution in [0.3, 0.4) is 0 Å². The number of carbonyl (C=O) groups is 2. The van der Waals surface area contributed by atoms with E-state index in [2.05, 4.69) is 15.8 Å². The zero-order valence-corrected chi connectivity index (χ0v) is 15.5. The van der Waals surface area contributed by atoms with Crippen LogP contribution in [0.1, 0.15) is 17.0 Å². The number of hydrazone groups is 1. The summed E-state index contributed by atoms with van der Waals surface area (Å²) >= 11 is 0. The van der Waals surface area contributed by atoms with E-state index in [1.54, 1.807) is 12.1 Å². The molecule has 0 aromatic heterocycles. The molecule has 1 heterocycles. The molecule has 0 radical (unpaired) electrons. The number of benzene rings is 2. The maximum atomic E-state index is 12.6. The minimum Gasteiger partial charge on any atom is -0.502 e. The Hall–Kier alpha value is -3.55. The Morgan fingerprint density at radius 2 is 1.86 bits per heavy atom. The molecule has 1 aliphatic heterocycles. The molecule has 2 unspecified atom stereocenters. The van der Waals surface area contributed by atoms with Crippen molar-refractivity contribution in [2.75, 3.05) is 20.8 Å². The summed E-state index contributed by atoms with van der Waals surface area (Å²) in [6.45, 7) is 0.400. The first-order chi connectivity index (χ1) is 13.5. The highest BCUT2D eigenvalue weighted by Gasteiger charge is 2.40. The summed E-state index contributed by atoms with van der Waals surface area (Å²) in [5, 5.41) is 16.6. The number of phenolic OH excluding ortho intramolecular Hbond substituents is 1. The van der Waals surface area contributed by atoms with E-state index in [1.165, 1.54) is 20.4 Å². The zero-order chi connectivity index (χ0) is 20.1. The average molecular weight is 383 g/mol. The molecule has 28 heavy (non-hydrogen) atoms. The van der Waals surface area contributed by atoms with Crippen molar-refractivity contribution in [1.29, 1.82) is 0 Å². The van der Waals surface area contributed by atoms with Crippen LogP contribution in [0, 0.1) is 5.92 Å². The molecule has 2 amide bonds. The summed E-state index contributed by atoms with van der Waals surface area (Å²) in [7, 11) is 2.83. The van der Waals surface area contributed by atoms with Crippen LogP contribution in [0.25, 0.3) is 0 Å². The number of carbonyl (C=O) groups excluding carboxylic acids is 2. The summed E-state index contributed by atoms with van der Waals surface area (Å²) in [6, 6.07) is 12.5. The van der Waals surface area contributed by atoms with E-state index in [0.29, 0.717) is 12.1 Å². The largest absolute Gasteiger partial charge is 0.502 e. The number of nitrogens with zero attached hydrogens (tertiary/aromatic N) is 1. The summed E-state index contributed by atoms with van der Waals surface area (Å²) in [6.07, 6.45) is 1.38. The molecule has 8 heteroatoms. The highest BCUT2D eigenvalue weighted by atomic mass is 16.5. The lowest BCUT2D eigenvalue weighted by Gasteiger charge is -2.15. The van der Waals surface area contributed by atoms with Crippen molar-refractivity contribution in [1.82, 2.24) is 10.7 Å². The van der Waals surface area contributed by atoms with Gasteiger partial charge in [0.2, 0.25) is 11.7 Å². The highest BCUT2D eigenvalue weighted by Crippen LogP contribution is 2.36. The van der Waals surface area contributed by atoms with E-state index in [4.69, 9.17) is 9.47 Å². The Balaban J connectivity index is 1.73. The Labute approximate surface area is 162 Å². The minimum atomic E-state index is -0.858. The van der Waals surface area contributed by atoms with E-state index in [9.17, 15) is 14.7 Å². The van der Waals surface area contributed by atoms with Crippen LogP contribution in [-0.2, 0) is 9.59 Å². The van der Waals surface area contributed by atoms with Gasteiger partial charge in [-0.3, -0.25) is 9.59 Å². The lowest BCUT2D eigenvalue weighted by atomic mass is 9.88. The lowest BCUT2D eigenvalue weighted by molar-refractivity contribution is -0.133. The Bertz CT molecular complexity index is 873. The molecule has 2 atom stereocenters. The molecule has 8 nitrogen and oxygen atoms in total. The predicted molar refractivity (Wildman–Crippen MR) is 103 cm³/mol. The van der Waals surface area contributed by atoms with Gasteiger partial charge in [0.25, 0.3) is 5.91 Å². The van der Waals surface area contributed by atoms with E-state index in [0.717, 1.165) is 5.56 Å². The van der Waals surface area contributed by atoms with Gasteiger partial charge in [-0.05, 0) is 17.7 Å². The maximum Gasteiger partial charge on any atom is 0.253 e. The number of aromatic hydroxyl groups is 1. The standard InChI is InChI=1S/C20H21N3O5/c1-27-15-8-12(9-16(28-2)18(15)24)10-22-23-20(26)17-14(11-21-19(17)25)13-6-4-3-5-7-13/h3-10,14,17,24H,11H2,1-2H3,(H,21,25)(H,23,26). The number of methoxy groups -OCH3 is 2. The second-order valence-electron chi connectivity index (χ2n) is 6.25. The minimum absolute atomic E-state index is 0.125. The van der Waals surface area contributed by atoms with Crippen molar-refractivity contribution in [2.24, 2.45) is 11.0 Å². The first-order valence-electron chi connectivity index (χ1n) is 8.65. The Kier molecular flexibility index (Phi) is 5.78. The topological polar surface area (TPSA) is 109 Å².